The normalized spacial score (nSPS) is 24.1. The molecule has 9 heteroatoms. The number of carbonyl (C=O) groups excluding carboxylic acids is 2. The number of carboxylic acids is 1. The Morgan fingerprint density at radius 1 is 1.20 bits per heavy atom. The second-order valence-electron chi connectivity index (χ2n) is 6.22. The molecule has 1 saturated carbocycles. The van der Waals surface area contributed by atoms with Crippen molar-refractivity contribution in [3.8, 4) is 0 Å². The van der Waals surface area contributed by atoms with Gasteiger partial charge >= 0.3 is 29.6 Å². The number of rotatable bonds is 3. The minimum absolute atomic E-state index is 0. The zero-order valence-corrected chi connectivity index (χ0v) is 15.7. The van der Waals surface area contributed by atoms with E-state index in [2.05, 4.69) is 5.32 Å². The van der Waals surface area contributed by atoms with Gasteiger partial charge in [0, 0.05) is 30.2 Å². The number of hydrogen-bond acceptors (Lipinski definition) is 5. The van der Waals surface area contributed by atoms with E-state index in [9.17, 15) is 28.6 Å². The number of carbonyl (C=O) groups is 2. The van der Waals surface area contributed by atoms with E-state index in [4.69, 9.17) is 4.74 Å². The quantitative estimate of drug-likeness (QED) is 0.558. The van der Waals surface area contributed by atoms with E-state index in [1.54, 1.807) is 0 Å². The van der Waals surface area contributed by atoms with E-state index in [0.29, 0.717) is 44.6 Å². The summed E-state index contributed by atoms with van der Waals surface area (Å²) in [5, 5.41) is 23.8. The molecule has 25 heavy (non-hydrogen) atoms. The minimum Gasteiger partial charge on any atom is -0.545 e. The molecule has 2 fully saturated rings. The Hall–Kier alpha value is -1.06. The van der Waals surface area contributed by atoms with Crippen LogP contribution in [0, 0.1) is 17.0 Å². The molecule has 0 bridgehead atoms. The molecular weight excluding hydrogens is 347 g/mol. The molecule has 0 radical (unpaired) electrons. The maximum Gasteiger partial charge on any atom is 1.00 e. The fourth-order valence-electron chi connectivity index (χ4n) is 3.54. The van der Waals surface area contributed by atoms with Crippen LogP contribution >= 0.6 is 0 Å². The first-order chi connectivity index (χ1) is 11.3. The van der Waals surface area contributed by atoms with E-state index >= 15 is 0 Å². The second-order valence-corrected chi connectivity index (χ2v) is 6.22. The number of nitrogens with one attached hydrogen (secondary N) is 1. The summed E-state index contributed by atoms with van der Waals surface area (Å²) in [6, 6.07) is 0.590. The largest absolute Gasteiger partial charge is 1.00 e. The van der Waals surface area contributed by atoms with Crippen molar-refractivity contribution in [3.63, 3.8) is 0 Å². The van der Waals surface area contributed by atoms with Crippen LogP contribution in [0.5, 0.6) is 0 Å². The molecule has 0 unspecified atom stereocenters. The molecule has 1 aromatic carbocycles. The van der Waals surface area contributed by atoms with Gasteiger partial charge in [0.2, 0.25) is 0 Å². The van der Waals surface area contributed by atoms with Crippen LogP contribution in [0.3, 0.4) is 0 Å². The zero-order valence-electron chi connectivity index (χ0n) is 13.7. The summed E-state index contributed by atoms with van der Waals surface area (Å²) in [6.45, 7) is 0.914. The van der Waals surface area contributed by atoms with Gasteiger partial charge in [0.25, 0.3) is 5.91 Å². The standard InChI is InChI=1S/C16H17F2NO5.Na/c17-10-5-8(9(15(22)23)6-11(10)18)14(21)19-12-7-13(20)16(12)1-3-24-4-2-16;/h5-6,12-13,20H,1-4,7H2,(H,19,21)(H,22,23);/q;+1/p-1/t12-,13-;/m1./s1. The van der Waals surface area contributed by atoms with Crippen molar-refractivity contribution in [2.45, 2.75) is 31.4 Å². The summed E-state index contributed by atoms with van der Waals surface area (Å²) in [5.74, 6) is -5.30. The van der Waals surface area contributed by atoms with Gasteiger partial charge in [0.1, 0.15) is 0 Å². The molecular formula is C16H16F2NNaO5. The Morgan fingerprint density at radius 3 is 2.28 bits per heavy atom. The number of ether oxygens (including phenoxy) is 1. The van der Waals surface area contributed by atoms with Crippen LogP contribution in [0.15, 0.2) is 12.1 Å². The number of aromatic carboxylic acids is 1. The molecule has 1 aromatic rings. The van der Waals surface area contributed by atoms with Crippen LogP contribution in [0.4, 0.5) is 8.78 Å². The Kier molecular flexibility index (Phi) is 6.22. The van der Waals surface area contributed by atoms with Crippen molar-refractivity contribution in [1.82, 2.24) is 5.32 Å². The predicted molar refractivity (Wildman–Crippen MR) is 75.1 cm³/mol. The molecule has 1 heterocycles. The van der Waals surface area contributed by atoms with Gasteiger partial charge in [-0.3, -0.25) is 4.79 Å². The number of amides is 1. The summed E-state index contributed by atoms with van der Waals surface area (Å²) in [4.78, 5) is 23.4. The van der Waals surface area contributed by atoms with Gasteiger partial charge in [-0.2, -0.15) is 0 Å². The third-order valence-electron chi connectivity index (χ3n) is 5.07. The predicted octanol–water partition coefficient (Wildman–Crippen LogP) is -3.01. The first kappa shape index (κ1) is 20.3. The Balaban J connectivity index is 0.00000225. The average Bonchev–Trinajstić information content (AvgIpc) is 2.57. The maximum absolute atomic E-state index is 13.4. The maximum atomic E-state index is 13.4. The SMILES string of the molecule is O=C([O-])c1cc(F)c(F)cc1C(=O)N[C@@H]1C[C@@H](O)C12CCOCC2.[Na+]. The van der Waals surface area contributed by atoms with Crippen molar-refractivity contribution in [3.05, 3.63) is 34.9 Å². The molecule has 1 saturated heterocycles. The molecule has 1 amide bonds. The number of benzene rings is 1. The molecule has 130 valence electrons. The summed E-state index contributed by atoms with van der Waals surface area (Å²) in [5.41, 5.74) is -1.74. The number of halogens is 2. The van der Waals surface area contributed by atoms with Crippen LogP contribution in [-0.4, -0.2) is 42.3 Å². The summed E-state index contributed by atoms with van der Waals surface area (Å²) in [7, 11) is 0. The van der Waals surface area contributed by atoms with Gasteiger partial charge in [-0.05, 0) is 31.4 Å². The summed E-state index contributed by atoms with van der Waals surface area (Å²) < 4.78 is 31.9. The minimum atomic E-state index is -1.77. The van der Waals surface area contributed by atoms with Gasteiger partial charge in [-0.1, -0.05) is 0 Å². The van der Waals surface area contributed by atoms with Crippen molar-refractivity contribution in [2.24, 2.45) is 5.41 Å². The Labute approximate surface area is 164 Å². The number of aliphatic hydroxyl groups is 1. The van der Waals surface area contributed by atoms with E-state index in [0.717, 1.165) is 0 Å². The van der Waals surface area contributed by atoms with Gasteiger partial charge in [-0.25, -0.2) is 8.78 Å². The van der Waals surface area contributed by atoms with E-state index in [1.807, 2.05) is 0 Å². The Bertz CT molecular complexity index is 693. The summed E-state index contributed by atoms with van der Waals surface area (Å²) >= 11 is 0. The van der Waals surface area contributed by atoms with Crippen molar-refractivity contribution < 1.29 is 62.9 Å². The van der Waals surface area contributed by atoms with Gasteiger partial charge in [0.05, 0.1) is 17.6 Å². The van der Waals surface area contributed by atoms with E-state index < -0.39 is 46.2 Å². The van der Waals surface area contributed by atoms with Crippen molar-refractivity contribution >= 4 is 11.9 Å². The third-order valence-corrected chi connectivity index (χ3v) is 5.07. The molecule has 1 spiro atoms. The number of aliphatic hydroxyl groups excluding tert-OH is 1. The fraction of sp³-hybridized carbons (Fsp3) is 0.500. The number of hydrogen-bond donors (Lipinski definition) is 2. The monoisotopic (exact) mass is 363 g/mol. The zero-order chi connectivity index (χ0) is 17.5. The topological polar surface area (TPSA) is 98.7 Å². The van der Waals surface area contributed by atoms with Gasteiger partial charge in [0.15, 0.2) is 11.6 Å². The molecule has 2 aliphatic rings. The van der Waals surface area contributed by atoms with Crippen molar-refractivity contribution in [1.29, 1.82) is 0 Å². The van der Waals surface area contributed by atoms with Gasteiger partial charge < -0.3 is 25.1 Å². The fourth-order valence-corrected chi connectivity index (χ4v) is 3.54. The van der Waals surface area contributed by atoms with E-state index in [1.165, 1.54) is 0 Å². The number of carboxylic acid groups (broad SMARTS) is 1. The van der Waals surface area contributed by atoms with Crippen LogP contribution < -0.4 is 40.0 Å². The third kappa shape index (κ3) is 3.59. The second kappa shape index (κ2) is 7.67. The smallest absolute Gasteiger partial charge is 0.545 e. The Morgan fingerprint density at radius 2 is 1.76 bits per heavy atom. The van der Waals surface area contributed by atoms with Crippen molar-refractivity contribution in [2.75, 3.05) is 13.2 Å². The molecule has 3 rings (SSSR count). The average molecular weight is 363 g/mol. The molecule has 2 atom stereocenters. The molecule has 1 aliphatic heterocycles. The molecule has 1 aliphatic carbocycles. The van der Waals surface area contributed by atoms with Crippen LogP contribution in [0.2, 0.25) is 0 Å². The van der Waals surface area contributed by atoms with Crippen LogP contribution in [-0.2, 0) is 4.74 Å². The first-order valence-corrected chi connectivity index (χ1v) is 7.62. The van der Waals surface area contributed by atoms with Crippen LogP contribution in [0.1, 0.15) is 40.0 Å². The first-order valence-electron chi connectivity index (χ1n) is 7.62. The molecule has 2 N–H and O–H groups in total. The van der Waals surface area contributed by atoms with Crippen LogP contribution in [0.25, 0.3) is 0 Å². The van der Waals surface area contributed by atoms with E-state index in [-0.39, 0.29) is 35.6 Å². The van der Waals surface area contributed by atoms with Gasteiger partial charge in [-0.15, -0.1) is 0 Å². The molecule has 6 nitrogen and oxygen atoms in total. The molecule has 0 aromatic heterocycles. The summed E-state index contributed by atoms with van der Waals surface area (Å²) in [6.07, 6.45) is 0.849.